The van der Waals surface area contributed by atoms with Crippen LogP contribution in [0.1, 0.15) is 28.9 Å². The Kier molecular flexibility index (Phi) is 8.62. The van der Waals surface area contributed by atoms with Gasteiger partial charge in [-0.15, -0.1) is 24.8 Å². The number of nitrogens with one attached hydrogen (secondary N) is 4. The zero-order chi connectivity index (χ0) is 18.7. The van der Waals surface area contributed by atoms with Crippen molar-refractivity contribution in [1.82, 2.24) is 25.6 Å². The summed E-state index contributed by atoms with van der Waals surface area (Å²) in [5, 5.41) is 6.51. The molecule has 0 radical (unpaired) electrons. The lowest BCUT2D eigenvalue weighted by atomic mass is 9.79. The standard InChI is InChI=1S/C17H23N5O4.2ClH/c1-10-7-11(20-13-12(10)15(24)22-16(25)21-13)14(23)19-8-17(9-26-2)3-5-18-6-4-17;;/h7,18H,3-6,8-9H2,1-2H3,(H,19,23)(H2,20,21,22,24,25);2*1H. The monoisotopic (exact) mass is 433 g/mol. The van der Waals surface area contributed by atoms with Crippen molar-refractivity contribution >= 4 is 41.8 Å². The van der Waals surface area contributed by atoms with Crippen LogP contribution in [0.25, 0.3) is 11.0 Å². The molecule has 3 rings (SSSR count). The van der Waals surface area contributed by atoms with E-state index in [4.69, 9.17) is 4.74 Å². The third-order valence-electron chi connectivity index (χ3n) is 4.87. The molecule has 0 spiro atoms. The molecule has 2 aromatic rings. The van der Waals surface area contributed by atoms with E-state index in [1.807, 2.05) is 0 Å². The number of rotatable bonds is 5. The zero-order valence-electron chi connectivity index (χ0n) is 15.7. The Balaban J connectivity index is 0.00000196. The molecule has 28 heavy (non-hydrogen) atoms. The summed E-state index contributed by atoms with van der Waals surface area (Å²) >= 11 is 0. The molecule has 11 heteroatoms. The minimum atomic E-state index is -0.652. The number of methoxy groups -OCH3 is 1. The summed E-state index contributed by atoms with van der Waals surface area (Å²) in [7, 11) is 1.66. The van der Waals surface area contributed by atoms with Crippen LogP contribution >= 0.6 is 24.8 Å². The van der Waals surface area contributed by atoms with Gasteiger partial charge in [0.25, 0.3) is 11.5 Å². The van der Waals surface area contributed by atoms with Crippen molar-refractivity contribution in [2.45, 2.75) is 19.8 Å². The molecule has 1 fully saturated rings. The number of hydrogen-bond acceptors (Lipinski definition) is 6. The second kappa shape index (κ2) is 10.0. The van der Waals surface area contributed by atoms with Crippen LogP contribution < -0.4 is 21.9 Å². The minimum absolute atomic E-state index is 0. The largest absolute Gasteiger partial charge is 0.384 e. The fraction of sp³-hybridized carbons (Fsp3) is 0.529. The molecule has 0 bridgehead atoms. The van der Waals surface area contributed by atoms with Crippen molar-refractivity contribution in [3.8, 4) is 0 Å². The van der Waals surface area contributed by atoms with Gasteiger partial charge in [0, 0.05) is 19.1 Å². The van der Waals surface area contributed by atoms with Crippen molar-refractivity contribution in [3.63, 3.8) is 0 Å². The van der Waals surface area contributed by atoms with E-state index in [0.29, 0.717) is 18.7 Å². The van der Waals surface area contributed by atoms with Gasteiger partial charge in [0.1, 0.15) is 11.3 Å². The van der Waals surface area contributed by atoms with Crippen LogP contribution in [0.4, 0.5) is 0 Å². The molecule has 0 aliphatic carbocycles. The maximum absolute atomic E-state index is 12.6. The van der Waals surface area contributed by atoms with E-state index in [0.717, 1.165) is 25.9 Å². The Morgan fingerprint density at radius 1 is 1.25 bits per heavy atom. The normalized spacial score (nSPS) is 15.4. The number of piperidine rings is 1. The van der Waals surface area contributed by atoms with Gasteiger partial charge in [0.15, 0.2) is 0 Å². The number of aromatic amines is 2. The summed E-state index contributed by atoms with van der Waals surface area (Å²) in [4.78, 5) is 44.8. The number of H-pyrrole nitrogens is 2. The van der Waals surface area contributed by atoms with Crippen LogP contribution in [0.2, 0.25) is 0 Å². The zero-order valence-corrected chi connectivity index (χ0v) is 17.3. The number of fused-ring (bicyclic) bond motifs is 1. The van der Waals surface area contributed by atoms with Gasteiger partial charge < -0.3 is 15.4 Å². The van der Waals surface area contributed by atoms with Crippen LogP contribution in [0.5, 0.6) is 0 Å². The first-order chi connectivity index (χ1) is 12.4. The molecule has 4 N–H and O–H groups in total. The smallest absolute Gasteiger partial charge is 0.327 e. The van der Waals surface area contributed by atoms with Crippen molar-refractivity contribution in [3.05, 3.63) is 38.2 Å². The highest BCUT2D eigenvalue weighted by atomic mass is 35.5. The molecular formula is C17H25Cl2N5O4. The molecule has 0 aromatic carbocycles. The SMILES string of the molecule is COCC1(CNC(=O)c2cc(C)c3c(=O)[nH]c(=O)[nH]c3n2)CCNCC1.Cl.Cl. The second-order valence-electron chi connectivity index (χ2n) is 6.82. The molecule has 0 saturated carbocycles. The number of aryl methyl sites for hydroxylation is 1. The van der Waals surface area contributed by atoms with Gasteiger partial charge in [-0.05, 0) is 44.5 Å². The van der Waals surface area contributed by atoms with Gasteiger partial charge in [0.2, 0.25) is 0 Å². The topological polar surface area (TPSA) is 129 Å². The number of pyridine rings is 1. The average Bonchev–Trinajstić information content (AvgIpc) is 2.59. The summed E-state index contributed by atoms with van der Waals surface area (Å²) in [5.74, 6) is -0.342. The molecule has 2 aromatic heterocycles. The summed E-state index contributed by atoms with van der Waals surface area (Å²) in [5.41, 5.74) is -0.427. The lowest BCUT2D eigenvalue weighted by Gasteiger charge is -2.37. The molecule has 1 aliphatic rings. The number of halogens is 2. The molecule has 0 atom stereocenters. The first kappa shape index (κ1) is 24.1. The molecule has 1 saturated heterocycles. The first-order valence-corrected chi connectivity index (χ1v) is 8.56. The van der Waals surface area contributed by atoms with Gasteiger partial charge in [-0.25, -0.2) is 9.78 Å². The lowest BCUT2D eigenvalue weighted by molar-refractivity contribution is 0.0511. The summed E-state index contributed by atoms with van der Waals surface area (Å²) in [6.45, 7) is 4.52. The van der Waals surface area contributed by atoms with Gasteiger partial charge >= 0.3 is 5.69 Å². The Bertz CT molecular complexity index is 932. The van der Waals surface area contributed by atoms with Gasteiger partial charge in [0.05, 0.1) is 12.0 Å². The Labute approximate surface area is 173 Å². The maximum Gasteiger partial charge on any atom is 0.327 e. The van der Waals surface area contributed by atoms with E-state index in [2.05, 4.69) is 25.6 Å². The molecular weight excluding hydrogens is 409 g/mol. The van der Waals surface area contributed by atoms with Crippen LogP contribution in [-0.4, -0.2) is 54.2 Å². The number of hydrogen-bond donors (Lipinski definition) is 4. The Morgan fingerprint density at radius 3 is 2.57 bits per heavy atom. The van der Waals surface area contributed by atoms with Gasteiger partial charge in [-0.2, -0.15) is 0 Å². The number of carbonyl (C=O) groups is 1. The highest BCUT2D eigenvalue weighted by Crippen LogP contribution is 2.28. The highest BCUT2D eigenvalue weighted by molar-refractivity contribution is 5.95. The minimum Gasteiger partial charge on any atom is -0.384 e. The molecule has 9 nitrogen and oxygen atoms in total. The summed E-state index contributed by atoms with van der Waals surface area (Å²) in [6.07, 6.45) is 1.82. The van der Waals surface area contributed by atoms with Crippen LogP contribution in [0, 0.1) is 12.3 Å². The number of ether oxygens (including phenoxy) is 1. The highest BCUT2D eigenvalue weighted by Gasteiger charge is 2.32. The number of nitrogens with zero attached hydrogens (tertiary/aromatic N) is 1. The predicted octanol–water partition coefficient (Wildman–Crippen LogP) is 0.509. The van der Waals surface area contributed by atoms with Crippen molar-refractivity contribution in [2.75, 3.05) is 33.4 Å². The van der Waals surface area contributed by atoms with E-state index in [-0.39, 0.29) is 52.9 Å². The van der Waals surface area contributed by atoms with E-state index in [1.165, 1.54) is 0 Å². The number of carbonyl (C=O) groups excluding carboxylic acids is 1. The average molecular weight is 434 g/mol. The molecule has 1 amide bonds. The van der Waals surface area contributed by atoms with Gasteiger partial charge in [-0.3, -0.25) is 19.6 Å². The number of aromatic nitrogens is 3. The summed E-state index contributed by atoms with van der Waals surface area (Å²) in [6, 6.07) is 1.55. The van der Waals surface area contributed by atoms with Crippen LogP contribution in [0.3, 0.4) is 0 Å². The number of amides is 1. The van der Waals surface area contributed by atoms with Gasteiger partial charge in [-0.1, -0.05) is 0 Å². The molecule has 1 aliphatic heterocycles. The summed E-state index contributed by atoms with van der Waals surface area (Å²) < 4.78 is 5.35. The lowest BCUT2D eigenvalue weighted by Crippen LogP contribution is -2.47. The van der Waals surface area contributed by atoms with Crippen LogP contribution in [0.15, 0.2) is 15.7 Å². The third-order valence-corrected chi connectivity index (χ3v) is 4.87. The van der Waals surface area contributed by atoms with E-state index in [9.17, 15) is 14.4 Å². The molecule has 3 heterocycles. The Morgan fingerprint density at radius 2 is 1.93 bits per heavy atom. The van der Waals surface area contributed by atoms with Crippen molar-refractivity contribution in [2.24, 2.45) is 5.41 Å². The fourth-order valence-electron chi connectivity index (χ4n) is 3.46. The first-order valence-electron chi connectivity index (χ1n) is 8.56. The maximum atomic E-state index is 12.6. The third kappa shape index (κ3) is 5.11. The molecule has 156 valence electrons. The fourth-order valence-corrected chi connectivity index (χ4v) is 3.46. The van der Waals surface area contributed by atoms with E-state index in [1.54, 1.807) is 20.1 Å². The van der Waals surface area contributed by atoms with Crippen molar-refractivity contribution < 1.29 is 9.53 Å². The van der Waals surface area contributed by atoms with E-state index >= 15 is 0 Å². The van der Waals surface area contributed by atoms with Crippen molar-refractivity contribution in [1.29, 1.82) is 0 Å². The second-order valence-corrected chi connectivity index (χ2v) is 6.82. The van der Waals surface area contributed by atoms with Crippen LogP contribution in [-0.2, 0) is 4.74 Å². The Hall–Kier alpha value is -1.94. The quantitative estimate of drug-likeness (QED) is 0.543. The predicted molar refractivity (Wildman–Crippen MR) is 111 cm³/mol. The van der Waals surface area contributed by atoms with E-state index < -0.39 is 11.2 Å². The molecule has 0 unspecified atom stereocenters.